The summed E-state index contributed by atoms with van der Waals surface area (Å²) in [4.78, 5) is 26.4. The number of amides is 2. The van der Waals surface area contributed by atoms with Crippen LogP contribution in [0.2, 0.25) is 0 Å². The molecule has 0 unspecified atom stereocenters. The Bertz CT molecular complexity index is 714. The molecule has 1 aromatic rings. The molecule has 6 heteroatoms. The first-order valence-corrected chi connectivity index (χ1v) is 10.8. The van der Waals surface area contributed by atoms with Crippen LogP contribution in [-0.2, 0) is 9.59 Å². The molecule has 1 N–H and O–H groups in total. The summed E-state index contributed by atoms with van der Waals surface area (Å²) in [6.07, 6.45) is 8.25. The molecular weight excluding hydrogens is 371 g/mol. The van der Waals surface area contributed by atoms with E-state index in [0.717, 1.165) is 17.8 Å². The minimum absolute atomic E-state index is 0.0104. The molecule has 0 aromatic heterocycles. The van der Waals surface area contributed by atoms with Crippen LogP contribution in [0.4, 0.5) is 4.39 Å². The summed E-state index contributed by atoms with van der Waals surface area (Å²) < 4.78 is 18.4. The Morgan fingerprint density at radius 1 is 1.10 bits per heavy atom. The van der Waals surface area contributed by atoms with Crippen molar-refractivity contribution in [3.8, 4) is 5.75 Å². The SMILES string of the molecule is CN(CCOc1ccc(F)cc1)C(=O)CNC(=O)CC12CC3CC(CC(C3)C1)C2. The Kier molecular flexibility index (Phi) is 5.79. The Morgan fingerprint density at radius 3 is 2.28 bits per heavy atom. The lowest BCUT2D eigenvalue weighted by Gasteiger charge is -2.56. The van der Waals surface area contributed by atoms with E-state index < -0.39 is 0 Å². The smallest absolute Gasteiger partial charge is 0.241 e. The zero-order chi connectivity index (χ0) is 20.4. The van der Waals surface area contributed by atoms with Crippen LogP contribution in [0.5, 0.6) is 5.75 Å². The van der Waals surface area contributed by atoms with E-state index in [0.29, 0.717) is 25.3 Å². The molecule has 2 amide bonds. The van der Waals surface area contributed by atoms with Crippen LogP contribution in [0.1, 0.15) is 44.9 Å². The minimum Gasteiger partial charge on any atom is -0.492 e. The number of likely N-dealkylation sites (N-methyl/N-ethyl adjacent to an activating group) is 1. The van der Waals surface area contributed by atoms with Crippen LogP contribution < -0.4 is 10.1 Å². The first-order chi connectivity index (χ1) is 13.9. The molecule has 4 bridgehead atoms. The van der Waals surface area contributed by atoms with Gasteiger partial charge in [0.05, 0.1) is 13.1 Å². The van der Waals surface area contributed by atoms with Gasteiger partial charge in [0.25, 0.3) is 0 Å². The van der Waals surface area contributed by atoms with Crippen molar-refractivity contribution < 1.29 is 18.7 Å². The number of hydrogen-bond acceptors (Lipinski definition) is 3. The summed E-state index contributed by atoms with van der Waals surface area (Å²) in [6, 6.07) is 5.79. The maximum absolute atomic E-state index is 12.9. The van der Waals surface area contributed by atoms with Crippen molar-refractivity contribution in [1.82, 2.24) is 10.2 Å². The average Bonchev–Trinajstić information content (AvgIpc) is 2.66. The fourth-order valence-electron chi connectivity index (χ4n) is 6.17. The zero-order valence-corrected chi connectivity index (χ0v) is 17.2. The number of hydrogen-bond donors (Lipinski definition) is 1. The standard InChI is InChI=1S/C23H31FN2O3/c1-26(6-7-29-20-4-2-19(24)3-5-20)22(28)15-25-21(27)14-23-11-16-8-17(12-23)10-18(9-16)13-23/h2-5,16-18H,6-15H2,1H3,(H,25,27). The molecule has 5 nitrogen and oxygen atoms in total. The largest absolute Gasteiger partial charge is 0.492 e. The molecule has 4 saturated carbocycles. The number of benzene rings is 1. The number of carbonyl (C=O) groups excluding carboxylic acids is 2. The van der Waals surface area contributed by atoms with Gasteiger partial charge in [0.15, 0.2) is 0 Å². The van der Waals surface area contributed by atoms with E-state index >= 15 is 0 Å². The Labute approximate surface area is 172 Å². The number of carbonyl (C=O) groups is 2. The van der Waals surface area contributed by atoms with E-state index in [4.69, 9.17) is 4.74 Å². The number of nitrogens with one attached hydrogen (secondary N) is 1. The Morgan fingerprint density at radius 2 is 1.69 bits per heavy atom. The van der Waals surface area contributed by atoms with Crippen LogP contribution in [-0.4, -0.2) is 43.5 Å². The molecule has 29 heavy (non-hydrogen) atoms. The topological polar surface area (TPSA) is 58.6 Å². The van der Waals surface area contributed by atoms with Crippen molar-refractivity contribution in [3.05, 3.63) is 30.1 Å². The van der Waals surface area contributed by atoms with Crippen LogP contribution in [0, 0.1) is 29.0 Å². The number of ether oxygens (including phenoxy) is 1. The zero-order valence-electron chi connectivity index (χ0n) is 17.2. The van der Waals surface area contributed by atoms with Crippen LogP contribution in [0.25, 0.3) is 0 Å². The van der Waals surface area contributed by atoms with Crippen molar-refractivity contribution in [1.29, 1.82) is 0 Å². The van der Waals surface area contributed by atoms with Crippen LogP contribution in [0.15, 0.2) is 24.3 Å². The van der Waals surface area contributed by atoms with Gasteiger partial charge in [-0.1, -0.05) is 0 Å². The monoisotopic (exact) mass is 402 g/mol. The van der Waals surface area contributed by atoms with Gasteiger partial charge in [0, 0.05) is 13.5 Å². The van der Waals surface area contributed by atoms with E-state index in [1.54, 1.807) is 24.1 Å². The molecule has 5 rings (SSSR count). The van der Waals surface area contributed by atoms with Crippen molar-refractivity contribution in [2.75, 3.05) is 26.7 Å². The second kappa shape index (κ2) is 8.33. The number of rotatable bonds is 8. The fraction of sp³-hybridized carbons (Fsp3) is 0.652. The molecule has 0 spiro atoms. The lowest BCUT2D eigenvalue weighted by atomic mass is 9.49. The molecular formula is C23H31FN2O3. The number of nitrogens with zero attached hydrogens (tertiary/aromatic N) is 1. The highest BCUT2D eigenvalue weighted by Gasteiger charge is 2.51. The third kappa shape index (κ3) is 4.90. The van der Waals surface area contributed by atoms with E-state index in [1.807, 2.05) is 0 Å². The number of halogens is 1. The fourth-order valence-corrected chi connectivity index (χ4v) is 6.17. The molecule has 0 saturated heterocycles. The van der Waals surface area contributed by atoms with Gasteiger partial charge in [-0.15, -0.1) is 0 Å². The highest BCUT2D eigenvalue weighted by molar-refractivity contribution is 5.84. The van der Waals surface area contributed by atoms with Crippen molar-refractivity contribution in [2.45, 2.75) is 44.9 Å². The molecule has 0 radical (unpaired) electrons. The van der Waals surface area contributed by atoms with Crippen LogP contribution >= 0.6 is 0 Å². The molecule has 4 aliphatic rings. The van der Waals surface area contributed by atoms with Gasteiger partial charge < -0.3 is 15.0 Å². The van der Waals surface area contributed by atoms with Gasteiger partial charge in [-0.25, -0.2) is 4.39 Å². The summed E-state index contributed by atoms with van der Waals surface area (Å²) in [5, 5.41) is 2.84. The third-order valence-corrected chi connectivity index (χ3v) is 7.07. The molecule has 4 aliphatic carbocycles. The van der Waals surface area contributed by atoms with Crippen molar-refractivity contribution in [2.24, 2.45) is 23.2 Å². The average molecular weight is 403 g/mol. The lowest BCUT2D eigenvalue weighted by Crippen LogP contribution is -2.48. The second-order valence-electron chi connectivity index (χ2n) is 9.49. The first kappa shape index (κ1) is 20.2. The third-order valence-electron chi connectivity index (χ3n) is 7.07. The predicted octanol–water partition coefficient (Wildman–Crippen LogP) is 3.39. The second-order valence-corrected chi connectivity index (χ2v) is 9.49. The summed E-state index contributed by atoms with van der Waals surface area (Å²) in [7, 11) is 1.70. The van der Waals surface area contributed by atoms with Gasteiger partial charge in [0.2, 0.25) is 11.8 Å². The van der Waals surface area contributed by atoms with E-state index in [1.165, 1.54) is 50.7 Å². The predicted molar refractivity (Wildman–Crippen MR) is 108 cm³/mol. The quantitative estimate of drug-likeness (QED) is 0.725. The van der Waals surface area contributed by atoms with E-state index in [-0.39, 0.29) is 29.6 Å². The molecule has 1 aromatic carbocycles. The molecule has 4 fully saturated rings. The van der Waals surface area contributed by atoms with E-state index in [2.05, 4.69) is 5.32 Å². The van der Waals surface area contributed by atoms with Gasteiger partial charge >= 0.3 is 0 Å². The summed E-state index contributed by atoms with van der Waals surface area (Å²) in [5.41, 5.74) is 0.191. The van der Waals surface area contributed by atoms with Gasteiger partial charge in [-0.3, -0.25) is 9.59 Å². The molecule has 158 valence electrons. The maximum atomic E-state index is 12.9. The van der Waals surface area contributed by atoms with E-state index in [9.17, 15) is 14.0 Å². The van der Waals surface area contributed by atoms with Gasteiger partial charge in [-0.2, -0.15) is 0 Å². The maximum Gasteiger partial charge on any atom is 0.241 e. The molecule has 0 heterocycles. The summed E-state index contributed by atoms with van der Waals surface area (Å²) in [5.74, 6) is 2.60. The lowest BCUT2D eigenvalue weighted by molar-refractivity contribution is -0.135. The highest BCUT2D eigenvalue weighted by Crippen LogP contribution is 2.61. The van der Waals surface area contributed by atoms with Gasteiger partial charge in [0.1, 0.15) is 18.2 Å². The first-order valence-electron chi connectivity index (χ1n) is 10.8. The van der Waals surface area contributed by atoms with Gasteiger partial charge in [-0.05, 0) is 86.0 Å². The van der Waals surface area contributed by atoms with Crippen molar-refractivity contribution in [3.63, 3.8) is 0 Å². The minimum atomic E-state index is -0.311. The highest BCUT2D eigenvalue weighted by atomic mass is 19.1. The summed E-state index contributed by atoms with van der Waals surface area (Å²) in [6.45, 7) is 0.744. The Hall–Kier alpha value is -2.11. The molecule has 0 atom stereocenters. The molecule has 0 aliphatic heterocycles. The van der Waals surface area contributed by atoms with Crippen LogP contribution in [0.3, 0.4) is 0 Å². The Balaban J connectivity index is 1.17. The summed E-state index contributed by atoms with van der Waals surface area (Å²) >= 11 is 0. The normalized spacial score (nSPS) is 29.5. The van der Waals surface area contributed by atoms with Crippen molar-refractivity contribution >= 4 is 11.8 Å².